The smallest absolute Gasteiger partial charge is 0.287 e. The predicted molar refractivity (Wildman–Crippen MR) is 168 cm³/mol. The van der Waals surface area contributed by atoms with E-state index in [-0.39, 0.29) is 29.4 Å². The summed E-state index contributed by atoms with van der Waals surface area (Å²) < 4.78 is 9.60. The zero-order chi connectivity index (χ0) is 30.8. The number of hydrogen-bond acceptors (Lipinski definition) is 7. The summed E-state index contributed by atoms with van der Waals surface area (Å²) in [6, 6.07) is 26.6. The van der Waals surface area contributed by atoms with Gasteiger partial charge >= 0.3 is 0 Å². The molecule has 0 bridgehead atoms. The highest BCUT2D eigenvalue weighted by Gasteiger charge is 2.14. The van der Waals surface area contributed by atoms with Gasteiger partial charge in [-0.2, -0.15) is 5.10 Å². The van der Waals surface area contributed by atoms with Crippen molar-refractivity contribution in [2.75, 3.05) is 0 Å². The van der Waals surface area contributed by atoms with E-state index in [2.05, 4.69) is 20.1 Å². The van der Waals surface area contributed by atoms with Gasteiger partial charge in [0.15, 0.2) is 5.43 Å². The van der Waals surface area contributed by atoms with Crippen molar-refractivity contribution in [3.63, 3.8) is 0 Å². The van der Waals surface area contributed by atoms with Crippen LogP contribution >= 0.6 is 0 Å². The Bertz CT molecular complexity index is 2070. The lowest BCUT2D eigenvalue weighted by molar-refractivity contribution is -0.385. The molecule has 218 valence electrons. The van der Waals surface area contributed by atoms with Crippen LogP contribution in [0, 0.1) is 24.0 Å². The largest absolute Gasteiger partial charge is 0.439 e. The minimum absolute atomic E-state index is 0.0124. The van der Waals surface area contributed by atoms with Crippen molar-refractivity contribution in [2.45, 2.75) is 20.4 Å². The second-order valence-corrected chi connectivity index (χ2v) is 10.1. The van der Waals surface area contributed by atoms with E-state index < -0.39 is 4.92 Å². The van der Waals surface area contributed by atoms with E-state index >= 15 is 0 Å². The maximum Gasteiger partial charge on any atom is 0.287 e. The Morgan fingerprint density at radius 2 is 1.64 bits per heavy atom. The van der Waals surface area contributed by atoms with Crippen molar-refractivity contribution in [3.8, 4) is 17.3 Å². The van der Waals surface area contributed by atoms with Crippen molar-refractivity contribution < 1.29 is 14.5 Å². The van der Waals surface area contributed by atoms with E-state index in [9.17, 15) is 19.7 Å². The van der Waals surface area contributed by atoms with Gasteiger partial charge in [0.2, 0.25) is 5.88 Å². The molecule has 1 amide bonds. The number of rotatable bonds is 8. The fourth-order valence-corrected chi connectivity index (χ4v) is 5.24. The fraction of sp³-hybridized carbons (Fsp3) is 0.0909. The van der Waals surface area contributed by atoms with E-state index in [0.29, 0.717) is 27.6 Å². The molecular formula is C33H26N6O5. The third-order valence-electron chi connectivity index (χ3n) is 7.29. The molecule has 0 unspecified atom stereocenters. The van der Waals surface area contributed by atoms with Gasteiger partial charge in [0, 0.05) is 45.5 Å². The number of hydrogen-bond donors (Lipinski definition) is 1. The van der Waals surface area contributed by atoms with Crippen LogP contribution in [0.3, 0.4) is 0 Å². The maximum absolute atomic E-state index is 13.0. The van der Waals surface area contributed by atoms with Crippen LogP contribution in [-0.4, -0.2) is 31.2 Å². The molecule has 0 saturated carbocycles. The van der Waals surface area contributed by atoms with Crippen LogP contribution in [0.5, 0.6) is 11.6 Å². The van der Waals surface area contributed by atoms with Crippen LogP contribution in [0.4, 0.5) is 5.69 Å². The van der Waals surface area contributed by atoms with Crippen molar-refractivity contribution >= 4 is 39.6 Å². The standard InChI is InChI=1S/C33H26N6O5/c1-21-17-23(22(2)38(21)24-11-14-26(15-12-24)44-32-16-13-25(19-34-32)39(42)43)18-35-36-31(40)20-37-29-9-5-3-7-27(29)33(41)28-8-4-6-10-30(28)37/h3-19H,20H2,1-2H3,(H,36,40)/b35-18-. The summed E-state index contributed by atoms with van der Waals surface area (Å²) in [7, 11) is 0. The summed E-state index contributed by atoms with van der Waals surface area (Å²) in [6.07, 6.45) is 2.76. The second kappa shape index (κ2) is 11.6. The summed E-state index contributed by atoms with van der Waals surface area (Å²) in [5.74, 6) is 0.455. The van der Waals surface area contributed by atoms with Gasteiger partial charge in [-0.15, -0.1) is 0 Å². The lowest BCUT2D eigenvalue weighted by atomic mass is 10.1. The number of benzene rings is 3. The number of carbonyl (C=O) groups is 1. The van der Waals surface area contributed by atoms with E-state index in [1.165, 1.54) is 12.1 Å². The first-order chi connectivity index (χ1) is 21.3. The molecule has 11 nitrogen and oxygen atoms in total. The molecule has 0 aliphatic carbocycles. The minimum atomic E-state index is -0.515. The van der Waals surface area contributed by atoms with Gasteiger partial charge < -0.3 is 13.9 Å². The lowest BCUT2D eigenvalue weighted by Crippen LogP contribution is -2.25. The molecule has 0 atom stereocenters. The molecule has 6 aromatic rings. The molecule has 0 radical (unpaired) electrons. The van der Waals surface area contributed by atoms with Crippen molar-refractivity contribution in [1.29, 1.82) is 0 Å². The molecule has 0 aliphatic heterocycles. The first kappa shape index (κ1) is 28.0. The third-order valence-corrected chi connectivity index (χ3v) is 7.29. The molecule has 0 saturated heterocycles. The normalized spacial score (nSPS) is 11.3. The zero-order valence-corrected chi connectivity index (χ0v) is 23.8. The van der Waals surface area contributed by atoms with Crippen molar-refractivity contribution in [1.82, 2.24) is 19.5 Å². The third kappa shape index (κ3) is 5.41. The monoisotopic (exact) mass is 586 g/mol. The second-order valence-electron chi connectivity index (χ2n) is 10.1. The number of ether oxygens (including phenoxy) is 1. The SMILES string of the molecule is Cc1cc(/C=N\NC(=O)Cn2c3ccccc3c(=O)c3ccccc32)c(C)n1-c1ccc(Oc2ccc([N+](=O)[O-])cn2)cc1. The van der Waals surface area contributed by atoms with E-state index in [1.807, 2.05) is 73.0 Å². The Balaban J connectivity index is 1.16. The Morgan fingerprint density at radius 3 is 2.25 bits per heavy atom. The first-order valence-electron chi connectivity index (χ1n) is 13.7. The van der Waals surface area contributed by atoms with Crippen LogP contribution in [0.15, 0.2) is 107 Å². The van der Waals surface area contributed by atoms with Crippen molar-refractivity contribution in [3.05, 3.63) is 134 Å². The van der Waals surface area contributed by atoms with Crippen LogP contribution < -0.4 is 15.6 Å². The highest BCUT2D eigenvalue weighted by Crippen LogP contribution is 2.25. The van der Waals surface area contributed by atoms with Gasteiger partial charge in [-0.05, 0) is 68.4 Å². The molecule has 0 fully saturated rings. The molecule has 11 heteroatoms. The first-order valence-corrected chi connectivity index (χ1v) is 13.7. The Kier molecular flexibility index (Phi) is 7.42. The molecule has 3 heterocycles. The van der Waals surface area contributed by atoms with Crippen LogP contribution in [0.1, 0.15) is 17.0 Å². The molecule has 3 aromatic carbocycles. The number of nitrogens with zero attached hydrogens (tertiary/aromatic N) is 5. The highest BCUT2D eigenvalue weighted by atomic mass is 16.6. The summed E-state index contributed by atoms with van der Waals surface area (Å²) in [6.45, 7) is 3.92. The van der Waals surface area contributed by atoms with Crippen molar-refractivity contribution in [2.24, 2.45) is 5.10 Å². The number of carbonyl (C=O) groups excluding carboxylic acids is 1. The molecule has 0 aliphatic rings. The number of nitrogens with one attached hydrogen (secondary N) is 1. The minimum Gasteiger partial charge on any atom is -0.439 e. The topological polar surface area (TPSA) is 134 Å². The number of fused-ring (bicyclic) bond motifs is 2. The molecular weight excluding hydrogens is 560 g/mol. The quantitative estimate of drug-likeness (QED) is 0.104. The number of hydrazone groups is 1. The average Bonchev–Trinajstić information content (AvgIpc) is 3.32. The number of para-hydroxylation sites is 2. The Morgan fingerprint density at radius 1 is 0.977 bits per heavy atom. The van der Waals surface area contributed by atoms with E-state index in [1.54, 1.807) is 30.5 Å². The number of amides is 1. The lowest BCUT2D eigenvalue weighted by Gasteiger charge is -2.14. The number of aromatic nitrogens is 3. The summed E-state index contributed by atoms with van der Waals surface area (Å²) >= 11 is 0. The number of aryl methyl sites for hydroxylation is 1. The van der Waals surface area contributed by atoms with Gasteiger partial charge in [-0.25, -0.2) is 10.4 Å². The van der Waals surface area contributed by atoms with Gasteiger partial charge in [-0.1, -0.05) is 24.3 Å². The summed E-state index contributed by atoms with van der Waals surface area (Å²) in [5.41, 5.74) is 7.42. The molecule has 44 heavy (non-hydrogen) atoms. The molecule has 3 aromatic heterocycles. The number of pyridine rings is 2. The highest BCUT2D eigenvalue weighted by molar-refractivity contribution is 5.95. The predicted octanol–water partition coefficient (Wildman–Crippen LogP) is 5.81. The Hall–Kier alpha value is -6.10. The average molecular weight is 587 g/mol. The van der Waals surface area contributed by atoms with Gasteiger partial charge in [0.1, 0.15) is 18.5 Å². The molecule has 6 rings (SSSR count). The van der Waals surface area contributed by atoms with Gasteiger partial charge in [0.05, 0.1) is 22.2 Å². The van der Waals surface area contributed by atoms with Crippen LogP contribution in [0.2, 0.25) is 0 Å². The Labute approximate surface area is 250 Å². The van der Waals surface area contributed by atoms with Crippen LogP contribution in [-0.2, 0) is 11.3 Å². The molecule has 0 spiro atoms. The zero-order valence-electron chi connectivity index (χ0n) is 23.8. The van der Waals surface area contributed by atoms with Gasteiger partial charge in [-0.3, -0.25) is 19.7 Å². The summed E-state index contributed by atoms with van der Waals surface area (Å²) in [5, 5.41) is 16.2. The van der Waals surface area contributed by atoms with E-state index in [0.717, 1.165) is 28.8 Å². The summed E-state index contributed by atoms with van der Waals surface area (Å²) in [4.78, 5) is 40.2. The fourth-order valence-electron chi connectivity index (χ4n) is 5.24. The number of nitro groups is 1. The maximum atomic E-state index is 13.0. The van der Waals surface area contributed by atoms with Gasteiger partial charge in [0.25, 0.3) is 11.6 Å². The van der Waals surface area contributed by atoms with Crippen LogP contribution in [0.25, 0.3) is 27.5 Å². The molecule has 1 N–H and O–H groups in total. The van der Waals surface area contributed by atoms with E-state index in [4.69, 9.17) is 4.74 Å².